The van der Waals surface area contributed by atoms with Crippen molar-refractivity contribution in [1.29, 1.82) is 0 Å². The van der Waals surface area contributed by atoms with E-state index in [1.54, 1.807) is 12.1 Å². The Morgan fingerprint density at radius 3 is 2.52 bits per heavy atom. The van der Waals surface area contributed by atoms with Crippen LogP contribution in [0.25, 0.3) is 0 Å². The molecule has 110 valence electrons. The van der Waals surface area contributed by atoms with Crippen molar-refractivity contribution in [2.75, 3.05) is 12.4 Å². The summed E-state index contributed by atoms with van der Waals surface area (Å²) in [7, 11) is 1.49. The first-order chi connectivity index (χ1) is 9.92. The number of phenols is 1. The van der Waals surface area contributed by atoms with Crippen LogP contribution in [0.15, 0.2) is 30.3 Å². The number of aryl methyl sites for hydroxylation is 1. The van der Waals surface area contributed by atoms with Crippen molar-refractivity contribution in [2.45, 2.75) is 6.92 Å². The molecule has 2 rings (SSSR count). The minimum absolute atomic E-state index is 0.0758. The van der Waals surface area contributed by atoms with Crippen LogP contribution in [0.2, 0.25) is 10.0 Å². The Hall–Kier alpha value is -1.91. The van der Waals surface area contributed by atoms with Crippen LogP contribution in [0.3, 0.4) is 0 Å². The molecule has 0 unspecified atom stereocenters. The summed E-state index contributed by atoms with van der Waals surface area (Å²) in [4.78, 5) is 12.2. The summed E-state index contributed by atoms with van der Waals surface area (Å²) in [5.41, 5.74) is 1.65. The van der Waals surface area contributed by atoms with Gasteiger partial charge in [-0.25, -0.2) is 0 Å². The molecule has 2 aromatic carbocycles. The zero-order valence-electron chi connectivity index (χ0n) is 11.4. The lowest BCUT2D eigenvalue weighted by molar-refractivity contribution is 0.102. The van der Waals surface area contributed by atoms with Gasteiger partial charge in [0.05, 0.1) is 17.8 Å². The zero-order chi connectivity index (χ0) is 15.6. The van der Waals surface area contributed by atoms with Gasteiger partial charge in [-0.3, -0.25) is 4.79 Å². The van der Waals surface area contributed by atoms with Gasteiger partial charge in [-0.15, -0.1) is 0 Å². The van der Waals surface area contributed by atoms with Gasteiger partial charge in [0.15, 0.2) is 0 Å². The first kappa shape index (κ1) is 15.5. The number of hydrogen-bond acceptors (Lipinski definition) is 3. The number of benzene rings is 2. The van der Waals surface area contributed by atoms with E-state index >= 15 is 0 Å². The van der Waals surface area contributed by atoms with Gasteiger partial charge in [0.1, 0.15) is 11.5 Å². The largest absolute Gasteiger partial charge is 0.506 e. The molecule has 0 aromatic heterocycles. The van der Waals surface area contributed by atoms with E-state index in [9.17, 15) is 9.90 Å². The summed E-state index contributed by atoms with van der Waals surface area (Å²) in [5, 5.41) is 12.8. The van der Waals surface area contributed by atoms with Crippen molar-refractivity contribution in [1.82, 2.24) is 0 Å². The average Bonchev–Trinajstić information content (AvgIpc) is 2.45. The summed E-state index contributed by atoms with van der Waals surface area (Å²) < 4.78 is 5.20. The molecule has 0 atom stereocenters. The van der Waals surface area contributed by atoms with Crippen molar-refractivity contribution in [3.05, 3.63) is 51.5 Å². The van der Waals surface area contributed by atoms with Crippen molar-refractivity contribution >= 4 is 34.8 Å². The maximum atomic E-state index is 12.2. The lowest BCUT2D eigenvalue weighted by atomic mass is 10.1. The molecule has 21 heavy (non-hydrogen) atoms. The van der Waals surface area contributed by atoms with E-state index in [0.717, 1.165) is 5.56 Å². The van der Waals surface area contributed by atoms with Gasteiger partial charge < -0.3 is 15.2 Å². The third kappa shape index (κ3) is 3.40. The molecule has 0 bridgehead atoms. The summed E-state index contributed by atoms with van der Waals surface area (Å²) in [6.45, 7) is 1.83. The molecule has 0 aliphatic heterocycles. The maximum Gasteiger partial charge on any atom is 0.255 e. The Bertz CT molecular complexity index is 702. The molecular formula is C15H13Cl2NO3. The molecule has 2 N–H and O–H groups in total. The molecule has 4 nitrogen and oxygen atoms in total. The van der Waals surface area contributed by atoms with Crippen molar-refractivity contribution in [2.24, 2.45) is 0 Å². The van der Waals surface area contributed by atoms with Crippen molar-refractivity contribution in [3.8, 4) is 11.5 Å². The van der Waals surface area contributed by atoms with Crippen LogP contribution >= 0.6 is 23.2 Å². The monoisotopic (exact) mass is 325 g/mol. The van der Waals surface area contributed by atoms with E-state index in [4.69, 9.17) is 27.9 Å². The standard InChI is InChI=1S/C15H13Cl2NO3/c1-8-5-12(14(21-2)7-10(8)16)18-15(20)9-3-4-13(19)11(17)6-9/h3-7,19H,1-2H3,(H,18,20). The fourth-order valence-electron chi connectivity index (χ4n) is 1.77. The van der Waals surface area contributed by atoms with E-state index < -0.39 is 0 Å². The fraction of sp³-hybridized carbons (Fsp3) is 0.133. The Morgan fingerprint density at radius 1 is 1.19 bits per heavy atom. The number of carbonyl (C=O) groups excluding carboxylic acids is 1. The van der Waals surface area contributed by atoms with Gasteiger partial charge in [-0.05, 0) is 36.8 Å². The number of nitrogens with one attached hydrogen (secondary N) is 1. The first-order valence-electron chi connectivity index (χ1n) is 6.06. The number of ether oxygens (including phenoxy) is 1. The number of rotatable bonds is 3. The van der Waals surface area contributed by atoms with E-state index in [0.29, 0.717) is 22.0 Å². The van der Waals surface area contributed by atoms with E-state index in [1.807, 2.05) is 6.92 Å². The molecular weight excluding hydrogens is 313 g/mol. The first-order valence-corrected chi connectivity index (χ1v) is 6.82. The summed E-state index contributed by atoms with van der Waals surface area (Å²) in [6, 6.07) is 7.59. The van der Waals surface area contributed by atoms with Crippen LogP contribution in [0.5, 0.6) is 11.5 Å². The van der Waals surface area contributed by atoms with Crippen LogP contribution in [0.4, 0.5) is 5.69 Å². The zero-order valence-corrected chi connectivity index (χ0v) is 12.9. The molecule has 0 saturated heterocycles. The number of hydrogen-bond donors (Lipinski definition) is 2. The Balaban J connectivity index is 2.31. The fourth-order valence-corrected chi connectivity index (χ4v) is 2.11. The minimum Gasteiger partial charge on any atom is -0.506 e. The van der Waals surface area contributed by atoms with Gasteiger partial charge in [0.25, 0.3) is 5.91 Å². The molecule has 0 radical (unpaired) electrons. The molecule has 0 aliphatic rings. The van der Waals surface area contributed by atoms with Crippen LogP contribution in [0, 0.1) is 6.92 Å². The highest BCUT2D eigenvalue weighted by molar-refractivity contribution is 6.32. The molecule has 0 fully saturated rings. The van der Waals surface area contributed by atoms with Crippen molar-refractivity contribution < 1.29 is 14.6 Å². The molecule has 0 saturated carbocycles. The summed E-state index contributed by atoms with van der Waals surface area (Å²) in [5.74, 6) is 0.0221. The number of amides is 1. The second kappa shape index (κ2) is 6.24. The molecule has 0 aliphatic carbocycles. The summed E-state index contributed by atoms with van der Waals surface area (Å²) in [6.07, 6.45) is 0. The third-order valence-corrected chi connectivity index (χ3v) is 3.65. The van der Waals surface area contributed by atoms with Crippen LogP contribution in [0.1, 0.15) is 15.9 Å². The van der Waals surface area contributed by atoms with Crippen LogP contribution < -0.4 is 10.1 Å². The van der Waals surface area contributed by atoms with E-state index in [2.05, 4.69) is 5.32 Å². The Kier molecular flexibility index (Phi) is 4.60. The highest BCUT2D eigenvalue weighted by Crippen LogP contribution is 2.31. The van der Waals surface area contributed by atoms with Gasteiger partial charge >= 0.3 is 0 Å². The number of anilines is 1. The topological polar surface area (TPSA) is 58.6 Å². The SMILES string of the molecule is COc1cc(Cl)c(C)cc1NC(=O)c1ccc(O)c(Cl)c1. The average molecular weight is 326 g/mol. The lowest BCUT2D eigenvalue weighted by Gasteiger charge is -2.12. The van der Waals surface area contributed by atoms with Crippen molar-refractivity contribution in [3.63, 3.8) is 0 Å². The predicted octanol–water partition coefficient (Wildman–Crippen LogP) is 4.27. The van der Waals surface area contributed by atoms with Gasteiger partial charge in [-0.2, -0.15) is 0 Å². The second-order valence-electron chi connectivity index (χ2n) is 4.42. The molecule has 2 aromatic rings. The molecule has 0 heterocycles. The van der Waals surface area contributed by atoms with E-state index in [-0.39, 0.29) is 16.7 Å². The molecule has 1 amide bonds. The molecule has 6 heteroatoms. The van der Waals surface area contributed by atoms with Gasteiger partial charge in [0.2, 0.25) is 0 Å². The number of phenolic OH excluding ortho intramolecular Hbond substituents is 1. The van der Waals surface area contributed by atoms with Crippen LogP contribution in [-0.2, 0) is 0 Å². The third-order valence-electron chi connectivity index (χ3n) is 2.94. The number of carbonyl (C=O) groups is 1. The number of methoxy groups -OCH3 is 1. The van der Waals surface area contributed by atoms with Crippen LogP contribution in [-0.4, -0.2) is 18.1 Å². The van der Waals surface area contributed by atoms with Gasteiger partial charge in [0, 0.05) is 16.7 Å². The lowest BCUT2D eigenvalue weighted by Crippen LogP contribution is -2.12. The molecule has 0 spiro atoms. The van der Waals surface area contributed by atoms with E-state index in [1.165, 1.54) is 25.3 Å². The summed E-state index contributed by atoms with van der Waals surface area (Å²) >= 11 is 11.8. The Labute approximate surface area is 132 Å². The Morgan fingerprint density at radius 2 is 1.90 bits per heavy atom. The minimum atomic E-state index is -0.364. The second-order valence-corrected chi connectivity index (χ2v) is 5.24. The maximum absolute atomic E-state index is 12.2. The predicted molar refractivity (Wildman–Crippen MR) is 83.8 cm³/mol. The smallest absolute Gasteiger partial charge is 0.255 e. The highest BCUT2D eigenvalue weighted by Gasteiger charge is 2.13. The van der Waals surface area contributed by atoms with Gasteiger partial charge in [-0.1, -0.05) is 23.2 Å². The number of aromatic hydroxyl groups is 1. The quantitative estimate of drug-likeness (QED) is 0.886. The normalized spacial score (nSPS) is 10.3. The highest BCUT2D eigenvalue weighted by atomic mass is 35.5. The number of halogens is 2.